The summed E-state index contributed by atoms with van der Waals surface area (Å²) in [6.07, 6.45) is 1.66. The number of rotatable bonds is 5. The molecule has 2 aromatic rings. The van der Waals surface area contributed by atoms with Crippen LogP contribution in [0.3, 0.4) is 0 Å². The second kappa shape index (κ2) is 5.93. The average Bonchev–Trinajstić information content (AvgIpc) is 2.88. The van der Waals surface area contributed by atoms with E-state index in [1.807, 2.05) is 24.3 Å². The van der Waals surface area contributed by atoms with Crippen molar-refractivity contribution in [2.24, 2.45) is 0 Å². The highest BCUT2D eigenvalue weighted by Gasteiger charge is 2.11. The third-order valence-corrected chi connectivity index (χ3v) is 3.32. The van der Waals surface area contributed by atoms with Gasteiger partial charge in [0.1, 0.15) is 5.76 Å². The lowest BCUT2D eigenvalue weighted by Gasteiger charge is -2.22. The van der Waals surface area contributed by atoms with Crippen molar-refractivity contribution in [3.63, 3.8) is 0 Å². The molecule has 1 aromatic carbocycles. The Labute approximate surface area is 117 Å². The Kier molecular flexibility index (Phi) is 4.27. The maximum atomic E-state index is 11.4. The topological polar surface area (TPSA) is 33.5 Å². The average molecular weight is 278 g/mol. The summed E-state index contributed by atoms with van der Waals surface area (Å²) in [5.41, 5.74) is 1.54. The Morgan fingerprint density at radius 1 is 1.37 bits per heavy atom. The molecule has 0 N–H and O–H groups in total. The van der Waals surface area contributed by atoms with Gasteiger partial charge in [-0.3, -0.25) is 4.79 Å². The minimum Gasteiger partial charge on any atom is -0.467 e. The quantitative estimate of drug-likeness (QED) is 0.770. The van der Waals surface area contributed by atoms with Crippen LogP contribution in [0.2, 0.25) is 5.02 Å². The Hall–Kier alpha value is -1.74. The molecule has 0 unspecified atom stereocenters. The summed E-state index contributed by atoms with van der Waals surface area (Å²) < 4.78 is 5.35. The fourth-order valence-corrected chi connectivity index (χ4v) is 2.27. The highest BCUT2D eigenvalue weighted by atomic mass is 35.5. The van der Waals surface area contributed by atoms with Crippen molar-refractivity contribution in [1.29, 1.82) is 0 Å². The van der Waals surface area contributed by atoms with Crippen molar-refractivity contribution in [2.45, 2.75) is 20.4 Å². The van der Waals surface area contributed by atoms with Crippen molar-refractivity contribution in [3.8, 4) is 0 Å². The van der Waals surface area contributed by atoms with E-state index >= 15 is 0 Å². The zero-order valence-corrected chi connectivity index (χ0v) is 11.8. The lowest BCUT2D eigenvalue weighted by Crippen LogP contribution is -2.21. The third kappa shape index (κ3) is 3.18. The summed E-state index contributed by atoms with van der Waals surface area (Å²) in [4.78, 5) is 13.5. The number of Topliss-reactive ketones (excluding diaryl/α,β-unsaturated/α-hetero) is 1. The van der Waals surface area contributed by atoms with Crippen molar-refractivity contribution < 1.29 is 9.21 Å². The van der Waals surface area contributed by atoms with E-state index in [1.165, 1.54) is 6.92 Å². The van der Waals surface area contributed by atoms with Gasteiger partial charge in [-0.2, -0.15) is 0 Å². The van der Waals surface area contributed by atoms with E-state index in [0.717, 1.165) is 18.0 Å². The first-order valence-electron chi connectivity index (χ1n) is 6.19. The van der Waals surface area contributed by atoms with Crippen molar-refractivity contribution in [2.75, 3.05) is 11.4 Å². The van der Waals surface area contributed by atoms with Gasteiger partial charge in [0.25, 0.3) is 0 Å². The summed E-state index contributed by atoms with van der Waals surface area (Å²) in [5.74, 6) is 0.874. The van der Waals surface area contributed by atoms with Gasteiger partial charge >= 0.3 is 0 Å². The number of hydrogen-bond acceptors (Lipinski definition) is 3. The molecule has 0 spiro atoms. The maximum absolute atomic E-state index is 11.4. The lowest BCUT2D eigenvalue weighted by molar-refractivity contribution is 0.101. The molecule has 0 aliphatic heterocycles. The SMILES string of the molecule is CCN(Cc1ccco1)c1ccc(C(C)=O)c(Cl)c1. The highest BCUT2D eigenvalue weighted by molar-refractivity contribution is 6.34. The minimum absolute atomic E-state index is 0.0226. The van der Waals surface area contributed by atoms with E-state index in [9.17, 15) is 4.79 Å². The molecular formula is C15H16ClNO2. The number of hydrogen-bond donors (Lipinski definition) is 0. The molecule has 2 rings (SSSR count). The van der Waals surface area contributed by atoms with Gasteiger partial charge in [0, 0.05) is 17.8 Å². The fourth-order valence-electron chi connectivity index (χ4n) is 1.96. The van der Waals surface area contributed by atoms with Crippen molar-refractivity contribution >= 4 is 23.1 Å². The Morgan fingerprint density at radius 2 is 2.16 bits per heavy atom. The predicted octanol–water partition coefficient (Wildman–Crippen LogP) is 4.16. The third-order valence-electron chi connectivity index (χ3n) is 3.01. The second-order valence-electron chi connectivity index (χ2n) is 4.31. The standard InChI is InChI=1S/C15H16ClNO2/c1-3-17(10-13-5-4-8-19-13)12-6-7-14(11(2)18)15(16)9-12/h4-9H,3,10H2,1-2H3. The van der Waals surface area contributed by atoms with Crippen molar-refractivity contribution in [3.05, 3.63) is 52.9 Å². The largest absolute Gasteiger partial charge is 0.467 e. The molecule has 19 heavy (non-hydrogen) atoms. The highest BCUT2D eigenvalue weighted by Crippen LogP contribution is 2.25. The van der Waals surface area contributed by atoms with Crippen LogP contribution in [0.5, 0.6) is 0 Å². The molecule has 0 radical (unpaired) electrons. The van der Waals surface area contributed by atoms with Gasteiger partial charge in [0.2, 0.25) is 0 Å². The van der Waals surface area contributed by atoms with Gasteiger partial charge in [-0.25, -0.2) is 0 Å². The minimum atomic E-state index is -0.0226. The van der Waals surface area contributed by atoms with Crippen LogP contribution < -0.4 is 4.90 Å². The van der Waals surface area contributed by atoms with Crippen LogP contribution in [0.1, 0.15) is 30.0 Å². The molecule has 0 atom stereocenters. The van der Waals surface area contributed by atoms with Crippen LogP contribution in [-0.4, -0.2) is 12.3 Å². The molecular weight excluding hydrogens is 262 g/mol. The zero-order valence-electron chi connectivity index (χ0n) is 11.0. The first kappa shape index (κ1) is 13.7. The first-order valence-corrected chi connectivity index (χ1v) is 6.57. The van der Waals surface area contributed by atoms with Gasteiger partial charge < -0.3 is 9.32 Å². The van der Waals surface area contributed by atoms with E-state index in [0.29, 0.717) is 17.1 Å². The van der Waals surface area contributed by atoms with Crippen molar-refractivity contribution in [1.82, 2.24) is 0 Å². The van der Waals surface area contributed by atoms with E-state index < -0.39 is 0 Å². The van der Waals surface area contributed by atoms with Crippen LogP contribution in [0, 0.1) is 0 Å². The molecule has 0 aliphatic carbocycles. The Bertz CT molecular complexity index is 564. The predicted molar refractivity (Wildman–Crippen MR) is 76.9 cm³/mol. The van der Waals surface area contributed by atoms with Crippen LogP contribution in [-0.2, 0) is 6.54 Å². The summed E-state index contributed by atoms with van der Waals surface area (Å²) >= 11 is 6.14. The first-order chi connectivity index (χ1) is 9.11. The molecule has 0 amide bonds. The molecule has 0 bridgehead atoms. The summed E-state index contributed by atoms with van der Waals surface area (Å²) in [6.45, 7) is 5.09. The van der Waals surface area contributed by atoms with Gasteiger partial charge in [0.15, 0.2) is 5.78 Å². The van der Waals surface area contributed by atoms with E-state index in [-0.39, 0.29) is 5.78 Å². The van der Waals surface area contributed by atoms with E-state index in [2.05, 4.69) is 11.8 Å². The molecule has 3 nitrogen and oxygen atoms in total. The lowest BCUT2D eigenvalue weighted by atomic mass is 10.1. The normalized spacial score (nSPS) is 10.5. The summed E-state index contributed by atoms with van der Waals surface area (Å²) in [5, 5.41) is 0.489. The molecule has 4 heteroatoms. The van der Waals surface area contributed by atoms with Gasteiger partial charge in [0.05, 0.1) is 17.8 Å². The maximum Gasteiger partial charge on any atom is 0.161 e. The number of carbonyl (C=O) groups excluding carboxylic acids is 1. The second-order valence-corrected chi connectivity index (χ2v) is 4.72. The zero-order chi connectivity index (χ0) is 13.8. The molecule has 0 aliphatic rings. The molecule has 1 heterocycles. The molecule has 1 aromatic heterocycles. The van der Waals surface area contributed by atoms with Crippen LogP contribution >= 0.6 is 11.6 Å². The fraction of sp³-hybridized carbons (Fsp3) is 0.267. The van der Waals surface area contributed by atoms with Crippen LogP contribution in [0.15, 0.2) is 41.0 Å². The molecule has 0 saturated heterocycles. The molecule has 0 fully saturated rings. The smallest absolute Gasteiger partial charge is 0.161 e. The number of carbonyl (C=O) groups is 1. The number of anilines is 1. The number of furan rings is 1. The van der Waals surface area contributed by atoms with E-state index in [4.69, 9.17) is 16.0 Å². The van der Waals surface area contributed by atoms with Gasteiger partial charge in [-0.05, 0) is 44.2 Å². The molecule has 100 valence electrons. The Morgan fingerprint density at radius 3 is 2.68 bits per heavy atom. The Balaban J connectivity index is 2.23. The number of halogens is 1. The van der Waals surface area contributed by atoms with E-state index in [1.54, 1.807) is 12.3 Å². The molecule has 0 saturated carbocycles. The van der Waals surface area contributed by atoms with Crippen LogP contribution in [0.4, 0.5) is 5.69 Å². The monoisotopic (exact) mass is 277 g/mol. The number of nitrogens with zero attached hydrogens (tertiary/aromatic N) is 1. The summed E-state index contributed by atoms with van der Waals surface area (Å²) in [7, 11) is 0. The summed E-state index contributed by atoms with van der Waals surface area (Å²) in [6, 6.07) is 9.31. The number of benzene rings is 1. The van der Waals surface area contributed by atoms with Gasteiger partial charge in [-0.1, -0.05) is 11.6 Å². The number of ketones is 1. The van der Waals surface area contributed by atoms with Crippen LogP contribution in [0.25, 0.3) is 0 Å². The van der Waals surface area contributed by atoms with Gasteiger partial charge in [-0.15, -0.1) is 0 Å².